The zero-order valence-electron chi connectivity index (χ0n) is 22.3. The molecule has 210 valence electrons. The number of halogens is 1. The Labute approximate surface area is 232 Å². The van der Waals surface area contributed by atoms with Crippen LogP contribution in [0, 0.1) is 23.0 Å². The second-order valence-electron chi connectivity index (χ2n) is 9.56. The van der Waals surface area contributed by atoms with Gasteiger partial charge in [-0.1, -0.05) is 35.9 Å². The lowest BCUT2D eigenvalue weighted by Gasteiger charge is -2.39. The van der Waals surface area contributed by atoms with Crippen LogP contribution in [0.3, 0.4) is 0 Å². The molecule has 0 aromatic heterocycles. The van der Waals surface area contributed by atoms with Gasteiger partial charge in [0, 0.05) is 38.0 Å². The Hall–Kier alpha value is -3.35. The minimum absolute atomic E-state index is 0.00871. The maximum Gasteiger partial charge on any atom is 0.344 e. The minimum atomic E-state index is -3.92. The van der Waals surface area contributed by atoms with Crippen molar-refractivity contribution in [1.29, 1.82) is 0 Å². The number of aliphatic imine (C=N–C) groups is 1. The van der Waals surface area contributed by atoms with Crippen molar-refractivity contribution < 1.29 is 27.7 Å². The number of esters is 1. The van der Waals surface area contributed by atoms with Crippen LogP contribution in [0.25, 0.3) is 0 Å². The molecule has 2 unspecified atom stereocenters. The lowest BCUT2D eigenvalue weighted by Crippen LogP contribution is -2.48. The molecule has 0 saturated carbocycles. The Bertz CT molecular complexity index is 1390. The highest BCUT2D eigenvalue weighted by Gasteiger charge is 2.43. The maximum absolute atomic E-state index is 13.2. The molecule has 13 heteroatoms. The first-order valence-electron chi connectivity index (χ1n) is 12.3. The average molecular weight is 579 g/mol. The van der Waals surface area contributed by atoms with Crippen LogP contribution in [0.4, 0.5) is 10.5 Å². The van der Waals surface area contributed by atoms with Crippen LogP contribution in [0.1, 0.15) is 44.4 Å². The number of carbonyl (C=O) groups is 2. The van der Waals surface area contributed by atoms with Crippen LogP contribution in [0.2, 0.25) is 5.02 Å². The van der Waals surface area contributed by atoms with Gasteiger partial charge in [0.25, 0.3) is 5.69 Å². The molecule has 1 aliphatic heterocycles. The first-order valence-corrected chi connectivity index (χ1v) is 14.1. The number of nitro groups is 1. The largest absolute Gasteiger partial charge is 0.462 e. The first-order chi connectivity index (χ1) is 18.2. The van der Waals surface area contributed by atoms with E-state index >= 15 is 0 Å². The van der Waals surface area contributed by atoms with Gasteiger partial charge in [0.15, 0.2) is 0 Å². The fourth-order valence-corrected chi connectivity index (χ4v) is 6.51. The lowest BCUT2D eigenvalue weighted by atomic mass is 9.86. The molecule has 3 rings (SSSR count). The molecular weight excluding hydrogens is 548 g/mol. The molecule has 2 atom stereocenters. The SMILES string of the molecule is CC1=NC(=O)N(CCCN(C)S(=O)(=O)c2c(C)cccc2Cl)C(c2cccc([N+](=O)[O-])c2)C1C(=O)OC(C)C. The number of nitro benzene ring substituents is 1. The zero-order valence-corrected chi connectivity index (χ0v) is 23.9. The van der Waals surface area contributed by atoms with Gasteiger partial charge >= 0.3 is 12.0 Å². The topological polar surface area (TPSA) is 139 Å². The summed E-state index contributed by atoms with van der Waals surface area (Å²) in [5.41, 5.74) is 0.900. The van der Waals surface area contributed by atoms with Crippen molar-refractivity contribution in [2.45, 2.75) is 51.2 Å². The number of amides is 2. The van der Waals surface area contributed by atoms with E-state index in [1.165, 1.54) is 43.1 Å². The normalized spacial score (nSPS) is 17.9. The number of non-ortho nitro benzene ring substituents is 1. The molecule has 0 N–H and O–H groups in total. The summed E-state index contributed by atoms with van der Waals surface area (Å²) in [5, 5.41) is 11.6. The van der Waals surface area contributed by atoms with Crippen LogP contribution in [0.15, 0.2) is 52.4 Å². The van der Waals surface area contributed by atoms with Crippen molar-refractivity contribution in [3.8, 4) is 0 Å². The highest BCUT2D eigenvalue weighted by atomic mass is 35.5. The molecule has 39 heavy (non-hydrogen) atoms. The second kappa shape index (κ2) is 12.2. The van der Waals surface area contributed by atoms with Crippen molar-refractivity contribution >= 4 is 45.0 Å². The van der Waals surface area contributed by atoms with Gasteiger partial charge in [-0.2, -0.15) is 0 Å². The van der Waals surface area contributed by atoms with Crippen molar-refractivity contribution in [3.63, 3.8) is 0 Å². The van der Waals surface area contributed by atoms with E-state index in [0.29, 0.717) is 11.1 Å². The fraction of sp³-hybridized carbons (Fsp3) is 0.423. The summed E-state index contributed by atoms with van der Waals surface area (Å²) in [7, 11) is -2.51. The number of carbonyl (C=O) groups excluding carboxylic acids is 2. The summed E-state index contributed by atoms with van der Waals surface area (Å²) in [4.78, 5) is 42.5. The van der Waals surface area contributed by atoms with Crippen molar-refractivity contribution in [2.24, 2.45) is 10.9 Å². The van der Waals surface area contributed by atoms with Gasteiger partial charge in [0.05, 0.1) is 22.1 Å². The first kappa shape index (κ1) is 30.2. The molecule has 2 aromatic rings. The predicted molar refractivity (Wildman–Crippen MR) is 146 cm³/mol. The van der Waals surface area contributed by atoms with Crippen molar-refractivity contribution in [3.05, 3.63) is 68.7 Å². The van der Waals surface area contributed by atoms with Gasteiger partial charge in [0.2, 0.25) is 10.0 Å². The van der Waals surface area contributed by atoms with E-state index in [4.69, 9.17) is 16.3 Å². The monoisotopic (exact) mass is 578 g/mol. The molecular formula is C26H31ClN4O7S. The number of nitrogens with zero attached hydrogens (tertiary/aromatic N) is 4. The minimum Gasteiger partial charge on any atom is -0.462 e. The number of benzene rings is 2. The molecule has 0 fully saturated rings. The molecule has 0 saturated heterocycles. The van der Waals surface area contributed by atoms with Gasteiger partial charge in [-0.25, -0.2) is 22.5 Å². The summed E-state index contributed by atoms with van der Waals surface area (Å²) in [6.07, 6.45) is -0.244. The van der Waals surface area contributed by atoms with Gasteiger partial charge < -0.3 is 9.64 Å². The summed E-state index contributed by atoms with van der Waals surface area (Å²) in [6.45, 7) is 6.63. The van der Waals surface area contributed by atoms with Crippen LogP contribution in [-0.4, -0.2) is 66.5 Å². The van der Waals surface area contributed by atoms with Gasteiger partial charge in [-0.05, 0) is 51.3 Å². The van der Waals surface area contributed by atoms with E-state index in [-0.39, 0.29) is 40.8 Å². The number of hydrogen-bond donors (Lipinski definition) is 0. The molecule has 1 aliphatic rings. The van der Waals surface area contributed by atoms with Gasteiger partial charge in [0.1, 0.15) is 10.8 Å². The smallest absolute Gasteiger partial charge is 0.344 e. The van der Waals surface area contributed by atoms with Crippen molar-refractivity contribution in [2.75, 3.05) is 20.1 Å². The molecule has 0 radical (unpaired) electrons. The molecule has 1 heterocycles. The number of sulfonamides is 1. The number of aryl methyl sites for hydroxylation is 1. The van der Waals surface area contributed by atoms with Crippen LogP contribution in [-0.2, 0) is 19.6 Å². The van der Waals surface area contributed by atoms with Crippen LogP contribution < -0.4 is 0 Å². The average Bonchev–Trinajstić information content (AvgIpc) is 2.84. The number of ether oxygens (including phenoxy) is 1. The number of hydrogen-bond acceptors (Lipinski definition) is 7. The molecule has 0 bridgehead atoms. The number of urea groups is 1. The van der Waals surface area contributed by atoms with E-state index in [2.05, 4.69) is 4.99 Å². The van der Waals surface area contributed by atoms with E-state index in [1.54, 1.807) is 39.0 Å². The third-order valence-corrected chi connectivity index (χ3v) is 8.84. The molecule has 2 amide bonds. The van der Waals surface area contributed by atoms with Crippen LogP contribution >= 0.6 is 11.6 Å². The fourth-order valence-electron chi connectivity index (χ4n) is 4.53. The van der Waals surface area contributed by atoms with Crippen LogP contribution in [0.5, 0.6) is 0 Å². The molecule has 11 nitrogen and oxygen atoms in total. The van der Waals surface area contributed by atoms with E-state index in [9.17, 15) is 28.1 Å². The van der Waals surface area contributed by atoms with Gasteiger partial charge in [-0.3, -0.25) is 14.9 Å². The Balaban J connectivity index is 1.92. The zero-order chi connectivity index (χ0) is 29.1. The number of rotatable bonds is 10. The van der Waals surface area contributed by atoms with E-state index in [0.717, 1.165) is 4.31 Å². The van der Waals surface area contributed by atoms with Crippen molar-refractivity contribution in [1.82, 2.24) is 9.21 Å². The Morgan fingerprint density at radius 2 is 1.90 bits per heavy atom. The summed E-state index contributed by atoms with van der Waals surface area (Å²) < 4.78 is 33.0. The molecule has 0 spiro atoms. The third-order valence-electron chi connectivity index (χ3n) is 6.35. The quantitative estimate of drug-likeness (QED) is 0.225. The highest BCUT2D eigenvalue weighted by molar-refractivity contribution is 7.89. The maximum atomic E-state index is 13.2. The lowest BCUT2D eigenvalue weighted by molar-refractivity contribution is -0.385. The van der Waals surface area contributed by atoms with Gasteiger partial charge in [-0.15, -0.1) is 0 Å². The molecule has 0 aliphatic carbocycles. The molecule has 2 aromatic carbocycles. The van der Waals surface area contributed by atoms with E-state index in [1.807, 2.05) is 0 Å². The highest BCUT2D eigenvalue weighted by Crippen LogP contribution is 2.37. The third kappa shape index (κ3) is 6.63. The predicted octanol–water partition coefficient (Wildman–Crippen LogP) is 4.77. The van der Waals surface area contributed by atoms with E-state index < -0.39 is 45.0 Å². The Morgan fingerprint density at radius 1 is 1.23 bits per heavy atom. The summed E-state index contributed by atoms with van der Waals surface area (Å²) in [5.74, 6) is -1.62. The second-order valence-corrected chi connectivity index (χ2v) is 11.9. The standard InChI is InChI=1S/C26H31ClN4O7S/c1-16(2)38-25(32)22-18(4)28-26(33)30(23(22)19-10-7-11-20(15-19)31(34)35)14-8-13-29(5)39(36,37)24-17(3)9-6-12-21(24)27/h6-7,9-12,15-16,22-23H,8,13-14H2,1-5H3. The Morgan fingerprint density at radius 3 is 2.51 bits per heavy atom. The Kier molecular flexibility index (Phi) is 9.47. The summed E-state index contributed by atoms with van der Waals surface area (Å²) >= 11 is 6.19. The summed E-state index contributed by atoms with van der Waals surface area (Å²) in [6, 6.07) is 8.96.